The monoisotopic (exact) mass is 342 g/mol. The van der Waals surface area contributed by atoms with Gasteiger partial charge in [0.2, 0.25) is 0 Å². The molecule has 0 aliphatic rings. The molecule has 5 heteroatoms. The molecular formula is C21H18N4O. The number of carbonyl (C=O) groups is 1. The van der Waals surface area contributed by atoms with Gasteiger partial charge in [0.25, 0.3) is 0 Å². The Bertz CT molecular complexity index is 1050. The Labute approximate surface area is 151 Å². The summed E-state index contributed by atoms with van der Waals surface area (Å²) in [5, 5.41) is 4.00. The van der Waals surface area contributed by atoms with Gasteiger partial charge in [0.05, 0.1) is 10.9 Å². The summed E-state index contributed by atoms with van der Waals surface area (Å²) in [6.45, 7) is 2.12. The quantitative estimate of drug-likeness (QED) is 0.524. The fraction of sp³-hybridized carbons (Fsp3) is 0.0952. The molecule has 0 aliphatic heterocycles. The van der Waals surface area contributed by atoms with Crippen molar-refractivity contribution in [2.75, 3.05) is 5.32 Å². The first-order chi connectivity index (χ1) is 12.8. The molecular weight excluding hydrogens is 324 g/mol. The summed E-state index contributed by atoms with van der Waals surface area (Å²) in [6, 6.07) is 17.4. The number of aromatic amines is 1. The van der Waals surface area contributed by atoms with Gasteiger partial charge < -0.3 is 10.3 Å². The van der Waals surface area contributed by atoms with Crippen LogP contribution in [0, 0.1) is 0 Å². The number of fused-ring (bicyclic) bond motifs is 1. The summed E-state index contributed by atoms with van der Waals surface area (Å²) in [6.07, 6.45) is 4.17. The predicted octanol–water partition coefficient (Wildman–Crippen LogP) is 4.49. The molecule has 0 unspecified atom stereocenters. The van der Waals surface area contributed by atoms with Crippen LogP contribution in [0.1, 0.15) is 28.4 Å². The van der Waals surface area contributed by atoms with Crippen molar-refractivity contribution < 1.29 is 4.79 Å². The highest BCUT2D eigenvalue weighted by atomic mass is 16.1. The molecule has 0 atom stereocenters. The van der Waals surface area contributed by atoms with E-state index in [0.717, 1.165) is 12.1 Å². The Balaban J connectivity index is 1.75. The molecule has 128 valence electrons. The lowest BCUT2D eigenvalue weighted by molar-refractivity contribution is 0.104. The van der Waals surface area contributed by atoms with Crippen LogP contribution in [0.25, 0.3) is 11.0 Å². The summed E-state index contributed by atoms with van der Waals surface area (Å²) < 4.78 is 0. The molecule has 5 nitrogen and oxygen atoms in total. The second-order valence-corrected chi connectivity index (χ2v) is 6.02. The molecule has 4 aromatic rings. The standard InChI is InChI=1S/C21H18N4O/c1-2-14-8-10-16(11-9-14)25-21-18-17(12-22-20(18)23-13-24-21)19(26)15-6-4-3-5-7-15/h3-13H,2H2,1H3,(H2,22,23,24,25). The Morgan fingerprint density at radius 2 is 1.81 bits per heavy atom. The number of anilines is 2. The number of ketones is 1. The van der Waals surface area contributed by atoms with Crippen molar-refractivity contribution in [1.82, 2.24) is 15.0 Å². The molecule has 0 amide bonds. The maximum Gasteiger partial charge on any atom is 0.195 e. The summed E-state index contributed by atoms with van der Waals surface area (Å²) >= 11 is 0. The van der Waals surface area contributed by atoms with Gasteiger partial charge >= 0.3 is 0 Å². The number of nitrogens with zero attached hydrogens (tertiary/aromatic N) is 2. The van der Waals surface area contributed by atoms with Gasteiger partial charge in [0.1, 0.15) is 17.8 Å². The SMILES string of the molecule is CCc1ccc(Nc2ncnc3[nH]cc(C(=O)c4ccccc4)c23)cc1. The second kappa shape index (κ2) is 6.80. The van der Waals surface area contributed by atoms with Crippen molar-refractivity contribution >= 4 is 28.3 Å². The lowest BCUT2D eigenvalue weighted by Crippen LogP contribution is -2.02. The molecule has 2 N–H and O–H groups in total. The largest absolute Gasteiger partial charge is 0.345 e. The minimum Gasteiger partial charge on any atom is -0.345 e. The topological polar surface area (TPSA) is 70.7 Å². The van der Waals surface area contributed by atoms with Crippen molar-refractivity contribution in [3.63, 3.8) is 0 Å². The zero-order valence-corrected chi connectivity index (χ0v) is 14.4. The number of carbonyl (C=O) groups excluding carboxylic acids is 1. The van der Waals surface area contributed by atoms with E-state index in [9.17, 15) is 4.79 Å². The maximum atomic E-state index is 12.9. The van der Waals surface area contributed by atoms with Gasteiger partial charge in [-0.3, -0.25) is 4.79 Å². The number of aromatic nitrogens is 3. The fourth-order valence-electron chi connectivity index (χ4n) is 2.94. The van der Waals surface area contributed by atoms with E-state index in [1.165, 1.54) is 11.9 Å². The van der Waals surface area contributed by atoms with Crippen LogP contribution in [0.3, 0.4) is 0 Å². The highest BCUT2D eigenvalue weighted by Crippen LogP contribution is 2.28. The summed E-state index contributed by atoms with van der Waals surface area (Å²) in [5.41, 5.74) is 4.01. The van der Waals surface area contributed by atoms with Crippen molar-refractivity contribution in [2.24, 2.45) is 0 Å². The van der Waals surface area contributed by atoms with Gasteiger partial charge in [-0.15, -0.1) is 0 Å². The van der Waals surface area contributed by atoms with E-state index in [1.807, 2.05) is 42.5 Å². The van der Waals surface area contributed by atoms with E-state index >= 15 is 0 Å². The van der Waals surface area contributed by atoms with Crippen molar-refractivity contribution in [2.45, 2.75) is 13.3 Å². The normalized spacial score (nSPS) is 10.8. The van der Waals surface area contributed by atoms with E-state index in [0.29, 0.717) is 28.0 Å². The minimum absolute atomic E-state index is 0.0592. The van der Waals surface area contributed by atoms with Gasteiger partial charge in [-0.05, 0) is 24.1 Å². The molecule has 0 aliphatic carbocycles. The molecule has 4 rings (SSSR count). The fourth-order valence-corrected chi connectivity index (χ4v) is 2.94. The molecule has 0 radical (unpaired) electrons. The van der Waals surface area contributed by atoms with Crippen molar-refractivity contribution in [3.05, 3.63) is 83.8 Å². The van der Waals surface area contributed by atoms with Crippen LogP contribution < -0.4 is 5.32 Å². The number of aryl methyl sites for hydroxylation is 1. The van der Waals surface area contributed by atoms with Gasteiger partial charge in [0, 0.05) is 17.4 Å². The summed E-state index contributed by atoms with van der Waals surface area (Å²) in [4.78, 5) is 24.6. The molecule has 26 heavy (non-hydrogen) atoms. The number of nitrogens with one attached hydrogen (secondary N) is 2. The first kappa shape index (κ1) is 16.0. The van der Waals surface area contributed by atoms with Crippen LogP contribution in [0.4, 0.5) is 11.5 Å². The Hall–Kier alpha value is -3.47. The Kier molecular flexibility index (Phi) is 4.19. The molecule has 0 saturated heterocycles. The van der Waals surface area contributed by atoms with E-state index in [2.05, 4.69) is 39.3 Å². The Morgan fingerprint density at radius 3 is 2.54 bits per heavy atom. The number of H-pyrrole nitrogens is 1. The second-order valence-electron chi connectivity index (χ2n) is 6.02. The lowest BCUT2D eigenvalue weighted by atomic mass is 10.0. The summed E-state index contributed by atoms with van der Waals surface area (Å²) in [7, 11) is 0. The highest BCUT2D eigenvalue weighted by molar-refractivity contribution is 6.18. The third-order valence-corrected chi connectivity index (χ3v) is 4.38. The molecule has 2 aromatic carbocycles. The van der Waals surface area contributed by atoms with Gasteiger partial charge in [-0.2, -0.15) is 0 Å². The number of hydrogen-bond donors (Lipinski definition) is 2. The molecule has 0 saturated carbocycles. The lowest BCUT2D eigenvalue weighted by Gasteiger charge is -2.08. The minimum atomic E-state index is -0.0592. The van der Waals surface area contributed by atoms with E-state index in [4.69, 9.17) is 0 Å². The zero-order valence-electron chi connectivity index (χ0n) is 14.4. The van der Waals surface area contributed by atoms with E-state index in [-0.39, 0.29) is 5.78 Å². The van der Waals surface area contributed by atoms with Crippen LogP contribution in [0.5, 0.6) is 0 Å². The van der Waals surface area contributed by atoms with Gasteiger partial charge in [-0.1, -0.05) is 49.4 Å². The molecule has 0 fully saturated rings. The van der Waals surface area contributed by atoms with Gasteiger partial charge in [0.15, 0.2) is 5.78 Å². The number of benzene rings is 2. The predicted molar refractivity (Wildman–Crippen MR) is 103 cm³/mol. The van der Waals surface area contributed by atoms with E-state index < -0.39 is 0 Å². The average Bonchev–Trinajstić information content (AvgIpc) is 3.14. The smallest absolute Gasteiger partial charge is 0.195 e. The average molecular weight is 342 g/mol. The molecule has 2 aromatic heterocycles. The first-order valence-electron chi connectivity index (χ1n) is 8.54. The van der Waals surface area contributed by atoms with Crippen LogP contribution >= 0.6 is 0 Å². The van der Waals surface area contributed by atoms with Crippen LogP contribution in [0.2, 0.25) is 0 Å². The molecule has 0 bridgehead atoms. The number of hydrogen-bond acceptors (Lipinski definition) is 4. The summed E-state index contributed by atoms with van der Waals surface area (Å²) in [5.74, 6) is 0.552. The maximum absolute atomic E-state index is 12.9. The van der Waals surface area contributed by atoms with Crippen molar-refractivity contribution in [3.8, 4) is 0 Å². The zero-order chi connectivity index (χ0) is 17.9. The van der Waals surface area contributed by atoms with Crippen molar-refractivity contribution in [1.29, 1.82) is 0 Å². The third kappa shape index (κ3) is 2.95. The first-order valence-corrected chi connectivity index (χ1v) is 8.54. The third-order valence-electron chi connectivity index (χ3n) is 4.38. The van der Waals surface area contributed by atoms with Crippen LogP contribution in [-0.2, 0) is 6.42 Å². The Morgan fingerprint density at radius 1 is 1.04 bits per heavy atom. The van der Waals surface area contributed by atoms with Crippen LogP contribution in [0.15, 0.2) is 67.1 Å². The van der Waals surface area contributed by atoms with E-state index in [1.54, 1.807) is 6.20 Å². The van der Waals surface area contributed by atoms with Crippen LogP contribution in [-0.4, -0.2) is 20.7 Å². The molecule has 2 heterocycles. The van der Waals surface area contributed by atoms with Gasteiger partial charge in [-0.25, -0.2) is 9.97 Å². The highest BCUT2D eigenvalue weighted by Gasteiger charge is 2.18. The molecule has 0 spiro atoms. The number of rotatable bonds is 5.